The highest BCUT2D eigenvalue weighted by atomic mass is 19.1. The highest BCUT2D eigenvalue weighted by molar-refractivity contribution is 5.74. The molecule has 0 aliphatic heterocycles. The molecule has 1 rings (SSSR count). The van der Waals surface area contributed by atoms with Gasteiger partial charge < -0.3 is 9.84 Å². The number of carboxylic acid groups (broad SMARTS) is 1. The SMILES string of the molecule is CCCOC(C(=O)O)c1cccc(F)c1. The van der Waals surface area contributed by atoms with Crippen molar-refractivity contribution in [2.45, 2.75) is 19.4 Å². The van der Waals surface area contributed by atoms with Gasteiger partial charge in [0.25, 0.3) is 0 Å². The zero-order valence-corrected chi connectivity index (χ0v) is 8.44. The van der Waals surface area contributed by atoms with Crippen LogP contribution in [0.2, 0.25) is 0 Å². The molecule has 0 saturated carbocycles. The topological polar surface area (TPSA) is 46.5 Å². The van der Waals surface area contributed by atoms with Crippen molar-refractivity contribution in [3.8, 4) is 0 Å². The smallest absolute Gasteiger partial charge is 0.337 e. The number of halogens is 1. The molecular weight excluding hydrogens is 199 g/mol. The second-order valence-electron chi connectivity index (χ2n) is 3.14. The Labute approximate surface area is 87.5 Å². The molecule has 0 aromatic heterocycles. The summed E-state index contributed by atoms with van der Waals surface area (Å²) in [7, 11) is 0. The quantitative estimate of drug-likeness (QED) is 0.815. The summed E-state index contributed by atoms with van der Waals surface area (Å²) in [4.78, 5) is 10.9. The second-order valence-corrected chi connectivity index (χ2v) is 3.14. The molecule has 0 heterocycles. The average molecular weight is 212 g/mol. The Hall–Kier alpha value is -1.42. The van der Waals surface area contributed by atoms with Gasteiger partial charge in [0.2, 0.25) is 0 Å². The monoisotopic (exact) mass is 212 g/mol. The molecule has 0 fully saturated rings. The fourth-order valence-electron chi connectivity index (χ4n) is 1.22. The minimum atomic E-state index is -1.10. The van der Waals surface area contributed by atoms with Crippen LogP contribution in [-0.2, 0) is 9.53 Å². The van der Waals surface area contributed by atoms with Crippen molar-refractivity contribution in [1.29, 1.82) is 0 Å². The van der Waals surface area contributed by atoms with Crippen LogP contribution in [0.3, 0.4) is 0 Å². The summed E-state index contributed by atoms with van der Waals surface area (Å²) in [5, 5.41) is 8.90. The van der Waals surface area contributed by atoms with E-state index in [0.29, 0.717) is 12.2 Å². The van der Waals surface area contributed by atoms with Gasteiger partial charge in [0.1, 0.15) is 5.82 Å². The number of rotatable bonds is 5. The van der Waals surface area contributed by atoms with E-state index in [1.165, 1.54) is 24.3 Å². The van der Waals surface area contributed by atoms with Crippen molar-refractivity contribution in [3.63, 3.8) is 0 Å². The van der Waals surface area contributed by atoms with E-state index >= 15 is 0 Å². The molecule has 1 aromatic carbocycles. The van der Waals surface area contributed by atoms with Crippen LogP contribution in [0.25, 0.3) is 0 Å². The first-order valence-corrected chi connectivity index (χ1v) is 4.75. The van der Waals surface area contributed by atoms with Crippen LogP contribution in [0.5, 0.6) is 0 Å². The lowest BCUT2D eigenvalue weighted by atomic mass is 10.1. The zero-order valence-electron chi connectivity index (χ0n) is 8.44. The number of benzene rings is 1. The second kappa shape index (κ2) is 5.46. The largest absolute Gasteiger partial charge is 0.479 e. The van der Waals surface area contributed by atoms with E-state index in [2.05, 4.69) is 0 Å². The van der Waals surface area contributed by atoms with Crippen LogP contribution < -0.4 is 0 Å². The van der Waals surface area contributed by atoms with Crippen molar-refractivity contribution in [2.24, 2.45) is 0 Å². The fourth-order valence-corrected chi connectivity index (χ4v) is 1.22. The van der Waals surface area contributed by atoms with Gasteiger partial charge in [-0.3, -0.25) is 0 Å². The number of hydrogen-bond acceptors (Lipinski definition) is 2. The van der Waals surface area contributed by atoms with E-state index in [1.54, 1.807) is 0 Å². The normalized spacial score (nSPS) is 12.4. The molecule has 0 amide bonds. The maximum atomic E-state index is 12.9. The molecule has 1 atom stereocenters. The van der Waals surface area contributed by atoms with Crippen molar-refractivity contribution in [2.75, 3.05) is 6.61 Å². The summed E-state index contributed by atoms with van der Waals surface area (Å²) in [6.07, 6.45) is -0.361. The van der Waals surface area contributed by atoms with Crippen LogP contribution in [0.1, 0.15) is 25.0 Å². The predicted octanol–water partition coefficient (Wildman–Crippen LogP) is 2.38. The van der Waals surface area contributed by atoms with E-state index in [-0.39, 0.29) is 0 Å². The molecule has 0 bridgehead atoms. The number of aliphatic carboxylic acids is 1. The summed E-state index contributed by atoms with van der Waals surface area (Å²) in [6, 6.07) is 5.45. The molecule has 0 saturated heterocycles. The number of carboxylic acids is 1. The van der Waals surface area contributed by atoms with Crippen molar-refractivity contribution in [1.82, 2.24) is 0 Å². The van der Waals surface area contributed by atoms with Crippen LogP contribution in [0.15, 0.2) is 24.3 Å². The lowest BCUT2D eigenvalue weighted by Gasteiger charge is -2.13. The first-order chi connectivity index (χ1) is 7.15. The highest BCUT2D eigenvalue weighted by Crippen LogP contribution is 2.18. The third kappa shape index (κ3) is 3.32. The van der Waals surface area contributed by atoms with Crippen molar-refractivity contribution in [3.05, 3.63) is 35.6 Å². The summed E-state index contributed by atoms with van der Waals surface area (Å²) >= 11 is 0. The molecule has 1 unspecified atom stereocenters. The van der Waals surface area contributed by atoms with E-state index in [9.17, 15) is 9.18 Å². The van der Waals surface area contributed by atoms with Gasteiger partial charge in [-0.05, 0) is 24.1 Å². The van der Waals surface area contributed by atoms with Gasteiger partial charge in [-0.2, -0.15) is 0 Å². The summed E-state index contributed by atoms with van der Waals surface area (Å²) in [6.45, 7) is 2.22. The van der Waals surface area contributed by atoms with Gasteiger partial charge in [0.15, 0.2) is 6.10 Å². The van der Waals surface area contributed by atoms with Gasteiger partial charge in [-0.15, -0.1) is 0 Å². The molecule has 0 radical (unpaired) electrons. The summed E-state index contributed by atoms with van der Waals surface area (Å²) < 4.78 is 18.0. The molecule has 3 nitrogen and oxygen atoms in total. The minimum Gasteiger partial charge on any atom is -0.479 e. The zero-order chi connectivity index (χ0) is 11.3. The van der Waals surface area contributed by atoms with Gasteiger partial charge in [-0.1, -0.05) is 19.1 Å². The summed E-state index contributed by atoms with van der Waals surface area (Å²) in [5.74, 6) is -1.56. The van der Waals surface area contributed by atoms with Crippen molar-refractivity contribution < 1.29 is 19.0 Å². The molecule has 82 valence electrons. The van der Waals surface area contributed by atoms with Gasteiger partial charge in [-0.25, -0.2) is 9.18 Å². The predicted molar refractivity (Wildman–Crippen MR) is 53.0 cm³/mol. The number of hydrogen-bond donors (Lipinski definition) is 1. The number of carbonyl (C=O) groups is 1. The Morgan fingerprint density at radius 1 is 1.60 bits per heavy atom. The molecule has 1 N–H and O–H groups in total. The average Bonchev–Trinajstić information content (AvgIpc) is 2.18. The first-order valence-electron chi connectivity index (χ1n) is 4.75. The Bertz CT molecular complexity index is 338. The Kier molecular flexibility index (Phi) is 4.24. The van der Waals surface area contributed by atoms with Gasteiger partial charge in [0.05, 0.1) is 0 Å². The van der Waals surface area contributed by atoms with E-state index in [0.717, 1.165) is 6.42 Å². The number of ether oxygens (including phenoxy) is 1. The maximum Gasteiger partial charge on any atom is 0.337 e. The molecule has 15 heavy (non-hydrogen) atoms. The Morgan fingerprint density at radius 3 is 2.87 bits per heavy atom. The Morgan fingerprint density at radius 2 is 2.33 bits per heavy atom. The van der Waals surface area contributed by atoms with E-state index in [4.69, 9.17) is 9.84 Å². The standard InChI is InChI=1S/C11H13FO3/c1-2-6-15-10(11(13)14)8-4-3-5-9(12)7-8/h3-5,7,10H,2,6H2,1H3,(H,13,14). The molecule has 4 heteroatoms. The third-order valence-electron chi connectivity index (χ3n) is 1.86. The third-order valence-corrected chi connectivity index (χ3v) is 1.86. The maximum absolute atomic E-state index is 12.9. The van der Waals surface area contributed by atoms with Gasteiger partial charge in [0, 0.05) is 6.61 Å². The minimum absolute atomic E-state index is 0.330. The van der Waals surface area contributed by atoms with E-state index in [1.807, 2.05) is 6.92 Å². The lowest BCUT2D eigenvalue weighted by molar-refractivity contribution is -0.150. The molecule has 0 spiro atoms. The van der Waals surface area contributed by atoms with E-state index < -0.39 is 17.9 Å². The first kappa shape index (κ1) is 11.7. The molecule has 0 aliphatic carbocycles. The van der Waals surface area contributed by atoms with Crippen LogP contribution in [0, 0.1) is 5.82 Å². The lowest BCUT2D eigenvalue weighted by Crippen LogP contribution is -2.16. The molecule has 0 aliphatic rings. The molecular formula is C11H13FO3. The van der Waals surface area contributed by atoms with Crippen molar-refractivity contribution >= 4 is 5.97 Å². The fraction of sp³-hybridized carbons (Fsp3) is 0.364. The van der Waals surface area contributed by atoms with Crippen LogP contribution in [-0.4, -0.2) is 17.7 Å². The van der Waals surface area contributed by atoms with Crippen LogP contribution in [0.4, 0.5) is 4.39 Å². The highest BCUT2D eigenvalue weighted by Gasteiger charge is 2.20. The Balaban J connectivity index is 2.84. The molecule has 1 aromatic rings. The van der Waals surface area contributed by atoms with Gasteiger partial charge >= 0.3 is 5.97 Å². The summed E-state index contributed by atoms with van der Waals surface area (Å²) in [5.41, 5.74) is 0.330. The van der Waals surface area contributed by atoms with Crippen LogP contribution >= 0.6 is 0 Å².